The summed E-state index contributed by atoms with van der Waals surface area (Å²) in [6, 6.07) is 5.69. The van der Waals surface area contributed by atoms with Gasteiger partial charge in [0.05, 0.1) is 13.7 Å². The molecule has 0 aliphatic heterocycles. The number of hydrogen-bond donors (Lipinski definition) is 1. The Balaban J connectivity index is 2.88. The first-order valence-corrected chi connectivity index (χ1v) is 4.72. The maximum absolute atomic E-state index is 8.79. The van der Waals surface area contributed by atoms with E-state index in [1.54, 1.807) is 7.11 Å². The third-order valence-electron chi connectivity index (χ3n) is 1.93. The molecule has 78 valence electrons. The zero-order chi connectivity index (χ0) is 10.4. The topological polar surface area (TPSA) is 38.7 Å². The summed E-state index contributed by atoms with van der Waals surface area (Å²) in [4.78, 5) is 0. The Kier molecular flexibility index (Phi) is 4.26. The van der Waals surface area contributed by atoms with Crippen LogP contribution in [0.1, 0.15) is 12.5 Å². The molecule has 3 nitrogen and oxygen atoms in total. The smallest absolute Gasteiger partial charge is 0.161 e. The molecule has 0 aliphatic rings. The lowest BCUT2D eigenvalue weighted by atomic mass is 10.1. The molecular weight excluding hydrogens is 180 g/mol. The van der Waals surface area contributed by atoms with Crippen molar-refractivity contribution in [2.24, 2.45) is 0 Å². The Morgan fingerprint density at radius 3 is 2.64 bits per heavy atom. The summed E-state index contributed by atoms with van der Waals surface area (Å²) in [5.41, 5.74) is 1.05. The molecule has 0 unspecified atom stereocenters. The molecule has 14 heavy (non-hydrogen) atoms. The lowest BCUT2D eigenvalue weighted by Gasteiger charge is -2.10. The van der Waals surface area contributed by atoms with E-state index in [0.29, 0.717) is 13.0 Å². The molecule has 0 aliphatic carbocycles. The molecule has 0 atom stereocenters. The van der Waals surface area contributed by atoms with Crippen LogP contribution in [0, 0.1) is 0 Å². The van der Waals surface area contributed by atoms with Crippen LogP contribution in [-0.4, -0.2) is 25.4 Å². The SMILES string of the molecule is CCOc1cc(CCO)ccc1OC. The largest absolute Gasteiger partial charge is 0.493 e. The zero-order valence-electron chi connectivity index (χ0n) is 8.62. The number of hydrogen-bond acceptors (Lipinski definition) is 3. The molecule has 0 spiro atoms. The Hall–Kier alpha value is -1.22. The van der Waals surface area contributed by atoms with Crippen molar-refractivity contribution in [3.63, 3.8) is 0 Å². The number of rotatable bonds is 5. The van der Waals surface area contributed by atoms with Crippen LogP contribution in [0.25, 0.3) is 0 Å². The van der Waals surface area contributed by atoms with Gasteiger partial charge in [-0.05, 0) is 31.0 Å². The van der Waals surface area contributed by atoms with Gasteiger partial charge in [-0.3, -0.25) is 0 Å². The molecule has 0 saturated carbocycles. The molecular formula is C11H16O3. The molecule has 1 aromatic carbocycles. The van der Waals surface area contributed by atoms with Gasteiger partial charge in [-0.25, -0.2) is 0 Å². The van der Waals surface area contributed by atoms with Gasteiger partial charge in [0.2, 0.25) is 0 Å². The third-order valence-corrected chi connectivity index (χ3v) is 1.93. The van der Waals surface area contributed by atoms with Gasteiger partial charge in [0.25, 0.3) is 0 Å². The highest BCUT2D eigenvalue weighted by Gasteiger charge is 2.04. The molecule has 0 bridgehead atoms. The predicted molar refractivity (Wildman–Crippen MR) is 55.0 cm³/mol. The van der Waals surface area contributed by atoms with Crippen molar-refractivity contribution in [2.75, 3.05) is 20.3 Å². The molecule has 0 radical (unpaired) electrons. The van der Waals surface area contributed by atoms with Gasteiger partial charge < -0.3 is 14.6 Å². The highest BCUT2D eigenvalue weighted by Crippen LogP contribution is 2.28. The van der Waals surface area contributed by atoms with Crippen molar-refractivity contribution >= 4 is 0 Å². The third kappa shape index (κ3) is 2.64. The van der Waals surface area contributed by atoms with E-state index < -0.39 is 0 Å². The normalized spacial score (nSPS) is 9.93. The van der Waals surface area contributed by atoms with E-state index in [1.807, 2.05) is 25.1 Å². The van der Waals surface area contributed by atoms with Gasteiger partial charge in [-0.1, -0.05) is 6.07 Å². The monoisotopic (exact) mass is 196 g/mol. The summed E-state index contributed by atoms with van der Waals surface area (Å²) in [5, 5.41) is 8.79. The van der Waals surface area contributed by atoms with Crippen LogP contribution < -0.4 is 9.47 Å². The molecule has 1 N–H and O–H groups in total. The Bertz CT molecular complexity index is 284. The number of aliphatic hydroxyl groups is 1. The minimum Gasteiger partial charge on any atom is -0.493 e. The molecule has 0 amide bonds. The van der Waals surface area contributed by atoms with Crippen LogP contribution in [0.15, 0.2) is 18.2 Å². The second-order valence-corrected chi connectivity index (χ2v) is 2.89. The van der Waals surface area contributed by atoms with E-state index >= 15 is 0 Å². The van der Waals surface area contributed by atoms with Crippen LogP contribution >= 0.6 is 0 Å². The Morgan fingerprint density at radius 1 is 1.29 bits per heavy atom. The van der Waals surface area contributed by atoms with Crippen molar-refractivity contribution in [2.45, 2.75) is 13.3 Å². The second kappa shape index (κ2) is 5.50. The average Bonchev–Trinajstić information content (AvgIpc) is 2.19. The highest BCUT2D eigenvalue weighted by molar-refractivity contribution is 5.42. The van der Waals surface area contributed by atoms with Crippen LogP contribution in [0.3, 0.4) is 0 Å². The fraction of sp³-hybridized carbons (Fsp3) is 0.455. The van der Waals surface area contributed by atoms with E-state index in [2.05, 4.69) is 0 Å². The zero-order valence-corrected chi connectivity index (χ0v) is 8.62. The van der Waals surface area contributed by atoms with Gasteiger partial charge in [-0.2, -0.15) is 0 Å². The summed E-state index contributed by atoms with van der Waals surface area (Å²) >= 11 is 0. The quantitative estimate of drug-likeness (QED) is 0.777. The Labute approximate surface area is 84.3 Å². The first-order chi connectivity index (χ1) is 6.81. The van der Waals surface area contributed by atoms with Crippen LogP contribution in [0.2, 0.25) is 0 Å². The first-order valence-electron chi connectivity index (χ1n) is 4.72. The summed E-state index contributed by atoms with van der Waals surface area (Å²) in [7, 11) is 1.61. The molecule has 1 rings (SSSR count). The second-order valence-electron chi connectivity index (χ2n) is 2.89. The van der Waals surface area contributed by atoms with Gasteiger partial charge in [0, 0.05) is 6.61 Å². The van der Waals surface area contributed by atoms with Crippen molar-refractivity contribution in [1.29, 1.82) is 0 Å². The van der Waals surface area contributed by atoms with E-state index in [-0.39, 0.29) is 6.61 Å². The van der Waals surface area contributed by atoms with Crippen LogP contribution in [0.5, 0.6) is 11.5 Å². The molecule has 0 aromatic heterocycles. The minimum absolute atomic E-state index is 0.151. The van der Waals surface area contributed by atoms with Gasteiger partial charge in [-0.15, -0.1) is 0 Å². The average molecular weight is 196 g/mol. The van der Waals surface area contributed by atoms with Crippen LogP contribution in [-0.2, 0) is 6.42 Å². The first kappa shape index (κ1) is 10.9. The lowest BCUT2D eigenvalue weighted by molar-refractivity contribution is 0.297. The fourth-order valence-corrected chi connectivity index (χ4v) is 1.27. The fourth-order valence-electron chi connectivity index (χ4n) is 1.27. The van der Waals surface area contributed by atoms with Gasteiger partial charge >= 0.3 is 0 Å². The number of benzene rings is 1. The lowest BCUT2D eigenvalue weighted by Crippen LogP contribution is -1.97. The predicted octanol–water partition coefficient (Wildman–Crippen LogP) is 1.63. The maximum atomic E-state index is 8.79. The van der Waals surface area contributed by atoms with E-state index in [4.69, 9.17) is 14.6 Å². The van der Waals surface area contributed by atoms with Crippen molar-refractivity contribution in [3.05, 3.63) is 23.8 Å². The van der Waals surface area contributed by atoms with E-state index in [1.165, 1.54) is 0 Å². The number of ether oxygens (including phenoxy) is 2. The number of aliphatic hydroxyl groups excluding tert-OH is 1. The highest BCUT2D eigenvalue weighted by atomic mass is 16.5. The number of methoxy groups -OCH3 is 1. The van der Waals surface area contributed by atoms with E-state index in [0.717, 1.165) is 17.1 Å². The molecule has 3 heteroatoms. The van der Waals surface area contributed by atoms with Gasteiger partial charge in [0.15, 0.2) is 11.5 Å². The molecule has 1 aromatic rings. The summed E-state index contributed by atoms with van der Waals surface area (Å²) in [6.45, 7) is 2.69. The van der Waals surface area contributed by atoms with Crippen molar-refractivity contribution < 1.29 is 14.6 Å². The standard InChI is InChI=1S/C11H16O3/c1-3-14-11-8-9(6-7-12)4-5-10(11)13-2/h4-5,8,12H,3,6-7H2,1-2H3. The molecule has 0 heterocycles. The summed E-state index contributed by atoms with van der Waals surface area (Å²) in [5.74, 6) is 1.47. The van der Waals surface area contributed by atoms with Crippen molar-refractivity contribution in [1.82, 2.24) is 0 Å². The van der Waals surface area contributed by atoms with E-state index in [9.17, 15) is 0 Å². The molecule has 0 saturated heterocycles. The summed E-state index contributed by atoms with van der Waals surface area (Å²) in [6.07, 6.45) is 0.643. The maximum Gasteiger partial charge on any atom is 0.161 e. The summed E-state index contributed by atoms with van der Waals surface area (Å²) < 4.78 is 10.6. The van der Waals surface area contributed by atoms with Gasteiger partial charge in [0.1, 0.15) is 0 Å². The minimum atomic E-state index is 0.151. The van der Waals surface area contributed by atoms with Crippen LogP contribution in [0.4, 0.5) is 0 Å². The Morgan fingerprint density at radius 2 is 2.07 bits per heavy atom. The molecule has 0 fully saturated rings. The van der Waals surface area contributed by atoms with Crippen molar-refractivity contribution in [3.8, 4) is 11.5 Å².